The molecule has 0 saturated carbocycles. The normalized spacial score (nSPS) is 16.3. The predicted molar refractivity (Wildman–Crippen MR) is 107 cm³/mol. The van der Waals surface area contributed by atoms with Crippen LogP contribution in [0.1, 0.15) is 11.1 Å². The molecule has 0 aromatic heterocycles. The van der Waals surface area contributed by atoms with E-state index in [4.69, 9.17) is 23.2 Å². The van der Waals surface area contributed by atoms with Gasteiger partial charge in [-0.2, -0.15) is 0 Å². The SMILES string of the molecule is O=C1S/C(=C\c2cccc(Cl)c2Cl)C(=O)N1Cc1ccc(I)cc1. The van der Waals surface area contributed by atoms with Gasteiger partial charge in [-0.25, -0.2) is 0 Å². The van der Waals surface area contributed by atoms with Crippen LogP contribution in [0.15, 0.2) is 47.4 Å². The van der Waals surface area contributed by atoms with E-state index in [1.807, 2.05) is 24.3 Å². The number of rotatable bonds is 3. The van der Waals surface area contributed by atoms with E-state index in [0.29, 0.717) is 20.5 Å². The van der Waals surface area contributed by atoms with Crippen LogP contribution in [0.5, 0.6) is 0 Å². The Morgan fingerprint density at radius 2 is 1.79 bits per heavy atom. The molecule has 1 saturated heterocycles. The van der Waals surface area contributed by atoms with E-state index in [2.05, 4.69) is 22.6 Å². The smallest absolute Gasteiger partial charge is 0.268 e. The molecule has 2 aromatic carbocycles. The van der Waals surface area contributed by atoms with Gasteiger partial charge in [-0.3, -0.25) is 14.5 Å². The predicted octanol–water partition coefficient (Wildman–Crippen LogP) is 5.83. The maximum atomic E-state index is 12.5. The summed E-state index contributed by atoms with van der Waals surface area (Å²) in [5.41, 5.74) is 1.52. The van der Waals surface area contributed by atoms with Gasteiger partial charge >= 0.3 is 0 Å². The molecule has 0 bridgehead atoms. The molecule has 0 unspecified atom stereocenters. The zero-order valence-corrected chi connectivity index (χ0v) is 16.6. The number of amides is 2. The molecule has 0 atom stereocenters. The van der Waals surface area contributed by atoms with Crippen molar-refractivity contribution in [2.24, 2.45) is 0 Å². The number of nitrogens with zero attached hydrogens (tertiary/aromatic N) is 1. The molecule has 3 rings (SSSR count). The van der Waals surface area contributed by atoms with Crippen LogP contribution < -0.4 is 0 Å². The average Bonchev–Trinajstić information content (AvgIpc) is 2.81. The van der Waals surface area contributed by atoms with Crippen molar-refractivity contribution in [3.63, 3.8) is 0 Å². The third kappa shape index (κ3) is 3.79. The first-order valence-electron chi connectivity index (χ1n) is 6.89. The molecular formula is C17H10Cl2INO2S. The highest BCUT2D eigenvalue weighted by Crippen LogP contribution is 2.35. The van der Waals surface area contributed by atoms with E-state index >= 15 is 0 Å². The lowest BCUT2D eigenvalue weighted by Gasteiger charge is -2.12. The van der Waals surface area contributed by atoms with E-state index in [1.165, 1.54) is 4.90 Å². The highest BCUT2D eigenvalue weighted by molar-refractivity contribution is 14.1. The Kier molecular flexibility index (Phi) is 5.54. The highest BCUT2D eigenvalue weighted by Gasteiger charge is 2.35. The number of hydrogen-bond acceptors (Lipinski definition) is 3. The molecule has 1 fully saturated rings. The van der Waals surface area contributed by atoms with Gasteiger partial charge in [-0.05, 0) is 69.8 Å². The highest BCUT2D eigenvalue weighted by atomic mass is 127. The summed E-state index contributed by atoms with van der Waals surface area (Å²) in [6.45, 7) is 0.252. The largest absolute Gasteiger partial charge is 0.293 e. The quantitative estimate of drug-likeness (QED) is 0.401. The van der Waals surface area contributed by atoms with Gasteiger partial charge in [0.1, 0.15) is 0 Å². The summed E-state index contributed by atoms with van der Waals surface area (Å²) in [4.78, 5) is 26.3. The minimum Gasteiger partial charge on any atom is -0.268 e. The van der Waals surface area contributed by atoms with Crippen LogP contribution in [-0.4, -0.2) is 16.0 Å². The lowest BCUT2D eigenvalue weighted by molar-refractivity contribution is -0.123. The zero-order chi connectivity index (χ0) is 17.3. The zero-order valence-electron chi connectivity index (χ0n) is 12.1. The van der Waals surface area contributed by atoms with Crippen LogP contribution in [0.2, 0.25) is 10.0 Å². The number of hydrogen-bond donors (Lipinski definition) is 0. The number of benzene rings is 2. The Labute approximate surface area is 167 Å². The molecule has 0 spiro atoms. The Morgan fingerprint density at radius 3 is 2.50 bits per heavy atom. The van der Waals surface area contributed by atoms with Gasteiger partial charge in [0.05, 0.1) is 21.5 Å². The van der Waals surface area contributed by atoms with Gasteiger partial charge in [0.15, 0.2) is 0 Å². The molecule has 7 heteroatoms. The van der Waals surface area contributed by atoms with Crippen LogP contribution in [0.4, 0.5) is 4.79 Å². The fourth-order valence-electron chi connectivity index (χ4n) is 2.18. The van der Waals surface area contributed by atoms with Gasteiger partial charge in [-0.1, -0.05) is 47.5 Å². The monoisotopic (exact) mass is 489 g/mol. The minimum absolute atomic E-state index is 0.252. The topological polar surface area (TPSA) is 37.4 Å². The van der Waals surface area contributed by atoms with Crippen molar-refractivity contribution in [3.05, 3.63) is 72.1 Å². The lowest BCUT2D eigenvalue weighted by Crippen LogP contribution is -2.27. The number of imide groups is 1. The van der Waals surface area contributed by atoms with E-state index in [-0.39, 0.29) is 17.7 Å². The first kappa shape index (κ1) is 17.8. The standard InChI is InChI=1S/C17H10Cl2INO2S/c18-13-3-1-2-11(15(13)19)8-14-16(22)21(17(23)24-14)9-10-4-6-12(20)7-5-10/h1-8H,9H2/b14-8-. The molecule has 1 heterocycles. The summed E-state index contributed by atoms with van der Waals surface area (Å²) in [5.74, 6) is -0.320. The van der Waals surface area contributed by atoms with Crippen molar-refractivity contribution in [2.75, 3.05) is 0 Å². The second-order valence-electron chi connectivity index (χ2n) is 5.04. The number of carbonyl (C=O) groups is 2. The maximum absolute atomic E-state index is 12.5. The first-order chi connectivity index (χ1) is 11.5. The first-order valence-corrected chi connectivity index (χ1v) is 9.54. The summed E-state index contributed by atoms with van der Waals surface area (Å²) in [7, 11) is 0. The molecule has 122 valence electrons. The summed E-state index contributed by atoms with van der Waals surface area (Å²) in [6.07, 6.45) is 1.60. The summed E-state index contributed by atoms with van der Waals surface area (Å²) >= 11 is 15.2. The number of thioether (sulfide) groups is 1. The lowest BCUT2D eigenvalue weighted by atomic mass is 10.2. The Balaban J connectivity index is 1.84. The Morgan fingerprint density at radius 1 is 1.08 bits per heavy atom. The van der Waals surface area contributed by atoms with E-state index in [0.717, 1.165) is 20.9 Å². The van der Waals surface area contributed by atoms with Gasteiger partial charge in [0.25, 0.3) is 11.1 Å². The molecule has 0 N–H and O–H groups in total. The molecule has 0 radical (unpaired) electrons. The van der Waals surface area contributed by atoms with Crippen LogP contribution in [0, 0.1) is 3.57 Å². The van der Waals surface area contributed by atoms with Crippen molar-refractivity contribution in [3.8, 4) is 0 Å². The van der Waals surface area contributed by atoms with Gasteiger partial charge in [0.2, 0.25) is 0 Å². The van der Waals surface area contributed by atoms with Crippen molar-refractivity contribution < 1.29 is 9.59 Å². The molecule has 1 aliphatic rings. The molecule has 2 aromatic rings. The fourth-order valence-corrected chi connectivity index (χ4v) is 3.73. The molecule has 2 amide bonds. The van der Waals surface area contributed by atoms with Crippen molar-refractivity contribution >= 4 is 74.8 Å². The second-order valence-corrected chi connectivity index (χ2v) is 8.06. The minimum atomic E-state index is -0.320. The fraction of sp³-hybridized carbons (Fsp3) is 0.0588. The molecule has 24 heavy (non-hydrogen) atoms. The van der Waals surface area contributed by atoms with E-state index in [1.54, 1.807) is 24.3 Å². The Bertz CT molecular complexity index is 852. The van der Waals surface area contributed by atoms with E-state index in [9.17, 15) is 9.59 Å². The maximum Gasteiger partial charge on any atom is 0.293 e. The number of halogens is 3. The molecular weight excluding hydrogens is 480 g/mol. The molecule has 1 aliphatic heterocycles. The Hall–Kier alpha value is -1.02. The summed E-state index contributed by atoms with van der Waals surface area (Å²) in [5, 5.41) is 0.482. The third-order valence-electron chi connectivity index (χ3n) is 3.40. The van der Waals surface area contributed by atoms with Gasteiger partial charge in [0, 0.05) is 3.57 Å². The average molecular weight is 490 g/mol. The number of carbonyl (C=O) groups excluding carboxylic acids is 2. The van der Waals surface area contributed by atoms with Gasteiger partial charge < -0.3 is 0 Å². The summed E-state index contributed by atoms with van der Waals surface area (Å²) in [6, 6.07) is 12.9. The van der Waals surface area contributed by atoms with Crippen LogP contribution in [0.25, 0.3) is 6.08 Å². The van der Waals surface area contributed by atoms with Crippen LogP contribution >= 0.6 is 57.6 Å². The van der Waals surface area contributed by atoms with Crippen molar-refractivity contribution in [1.29, 1.82) is 0 Å². The van der Waals surface area contributed by atoms with E-state index < -0.39 is 0 Å². The molecule has 3 nitrogen and oxygen atoms in total. The molecule has 0 aliphatic carbocycles. The van der Waals surface area contributed by atoms with Crippen molar-refractivity contribution in [2.45, 2.75) is 6.54 Å². The van der Waals surface area contributed by atoms with Crippen LogP contribution in [0.3, 0.4) is 0 Å². The van der Waals surface area contributed by atoms with Gasteiger partial charge in [-0.15, -0.1) is 0 Å². The second kappa shape index (κ2) is 7.47. The van der Waals surface area contributed by atoms with Crippen molar-refractivity contribution in [1.82, 2.24) is 4.90 Å². The summed E-state index contributed by atoms with van der Waals surface area (Å²) < 4.78 is 1.10. The van der Waals surface area contributed by atoms with Crippen LogP contribution in [-0.2, 0) is 11.3 Å². The third-order valence-corrected chi connectivity index (χ3v) is 5.86.